The fourth-order valence-electron chi connectivity index (χ4n) is 2.92. The Bertz CT molecular complexity index is 539. The molecule has 0 radical (unpaired) electrons. The number of hydrogen-bond donors (Lipinski definition) is 1. The molecule has 114 valence electrons. The second-order valence-corrected chi connectivity index (χ2v) is 6.90. The Kier molecular flexibility index (Phi) is 4.19. The van der Waals surface area contributed by atoms with Crippen molar-refractivity contribution in [2.75, 3.05) is 24.2 Å². The van der Waals surface area contributed by atoms with Crippen molar-refractivity contribution in [3.8, 4) is 0 Å². The summed E-state index contributed by atoms with van der Waals surface area (Å²) < 4.78 is 1.86. The van der Waals surface area contributed by atoms with Gasteiger partial charge in [-0.2, -0.15) is 5.10 Å². The van der Waals surface area contributed by atoms with Gasteiger partial charge < -0.3 is 10.2 Å². The zero-order valence-corrected chi connectivity index (χ0v) is 12.9. The molecule has 0 bridgehead atoms. The summed E-state index contributed by atoms with van der Waals surface area (Å²) >= 11 is 1.78. The van der Waals surface area contributed by atoms with Gasteiger partial charge in [-0.3, -0.25) is 14.3 Å². The maximum atomic E-state index is 12.4. The number of nitrogens with zero attached hydrogens (tertiary/aromatic N) is 3. The Labute approximate surface area is 128 Å². The third-order valence-corrected chi connectivity index (χ3v) is 5.33. The van der Waals surface area contributed by atoms with Crippen LogP contribution in [0.1, 0.15) is 32.2 Å². The number of rotatable bonds is 3. The van der Waals surface area contributed by atoms with Crippen molar-refractivity contribution in [3.63, 3.8) is 0 Å². The Morgan fingerprint density at radius 1 is 1.43 bits per heavy atom. The number of hydrogen-bond acceptors (Lipinski definition) is 4. The van der Waals surface area contributed by atoms with E-state index in [1.807, 2.05) is 15.8 Å². The van der Waals surface area contributed by atoms with E-state index in [4.69, 9.17) is 0 Å². The van der Waals surface area contributed by atoms with Crippen LogP contribution in [0.2, 0.25) is 0 Å². The molecule has 0 aliphatic carbocycles. The molecule has 2 aliphatic heterocycles. The van der Waals surface area contributed by atoms with Crippen molar-refractivity contribution < 1.29 is 9.59 Å². The number of carbonyl (C=O) groups excluding carboxylic acids is 2. The average molecular weight is 308 g/mol. The van der Waals surface area contributed by atoms with Gasteiger partial charge in [0.2, 0.25) is 11.8 Å². The maximum absolute atomic E-state index is 12.4. The van der Waals surface area contributed by atoms with Crippen LogP contribution in [0.3, 0.4) is 0 Å². The lowest BCUT2D eigenvalue weighted by molar-refractivity contribution is -0.129. The van der Waals surface area contributed by atoms with Crippen LogP contribution in [0.15, 0.2) is 12.3 Å². The van der Waals surface area contributed by atoms with Crippen LogP contribution in [-0.4, -0.2) is 50.6 Å². The van der Waals surface area contributed by atoms with Gasteiger partial charge in [-0.05, 0) is 25.0 Å². The van der Waals surface area contributed by atoms with Crippen LogP contribution in [0.25, 0.3) is 0 Å². The van der Waals surface area contributed by atoms with Crippen LogP contribution < -0.4 is 5.32 Å². The lowest BCUT2D eigenvalue weighted by Gasteiger charge is -2.20. The van der Waals surface area contributed by atoms with Gasteiger partial charge in [0.05, 0.1) is 11.3 Å². The fourth-order valence-corrected chi connectivity index (χ4v) is 4.17. The van der Waals surface area contributed by atoms with E-state index < -0.39 is 0 Å². The predicted molar refractivity (Wildman–Crippen MR) is 82.2 cm³/mol. The Morgan fingerprint density at radius 3 is 3.00 bits per heavy atom. The molecule has 0 aromatic carbocycles. The third kappa shape index (κ3) is 3.23. The fraction of sp³-hybridized carbons (Fsp3) is 0.643. The molecule has 1 N–H and O–H groups in total. The number of anilines is 1. The molecule has 3 rings (SSSR count). The molecule has 2 aliphatic rings. The maximum Gasteiger partial charge on any atom is 0.235 e. The SMILES string of the molecule is CC(=O)Nc1ccn(C2CCN(C(=O)C3CCCS3)C2)n1. The molecule has 7 heteroatoms. The zero-order valence-electron chi connectivity index (χ0n) is 12.1. The van der Waals surface area contributed by atoms with Gasteiger partial charge >= 0.3 is 0 Å². The summed E-state index contributed by atoms with van der Waals surface area (Å²) in [5, 5.41) is 7.20. The summed E-state index contributed by atoms with van der Waals surface area (Å²) in [5.74, 6) is 1.84. The highest BCUT2D eigenvalue weighted by Crippen LogP contribution is 2.30. The normalized spacial score (nSPS) is 25.3. The standard InChI is InChI=1S/C14H20N4O2S/c1-10(19)15-13-5-7-18(16-13)11-4-6-17(9-11)14(20)12-3-2-8-21-12/h5,7,11-12H,2-4,6,8-9H2,1H3,(H,15,16,19). The molecule has 2 fully saturated rings. The monoisotopic (exact) mass is 308 g/mol. The summed E-state index contributed by atoms with van der Waals surface area (Å²) in [5.41, 5.74) is 0. The molecule has 0 spiro atoms. The van der Waals surface area contributed by atoms with Gasteiger partial charge in [-0.25, -0.2) is 0 Å². The lowest BCUT2D eigenvalue weighted by atomic mass is 10.2. The minimum atomic E-state index is -0.123. The highest BCUT2D eigenvalue weighted by Gasteiger charge is 2.33. The second-order valence-electron chi connectivity index (χ2n) is 5.59. The van der Waals surface area contributed by atoms with E-state index in [2.05, 4.69) is 10.4 Å². The van der Waals surface area contributed by atoms with E-state index >= 15 is 0 Å². The van der Waals surface area contributed by atoms with Gasteiger partial charge in [-0.15, -0.1) is 11.8 Å². The van der Waals surface area contributed by atoms with Crippen molar-refractivity contribution in [1.82, 2.24) is 14.7 Å². The van der Waals surface area contributed by atoms with Crippen molar-refractivity contribution in [2.45, 2.75) is 37.5 Å². The smallest absolute Gasteiger partial charge is 0.235 e. The van der Waals surface area contributed by atoms with E-state index in [0.717, 1.165) is 38.1 Å². The van der Waals surface area contributed by atoms with Crippen LogP contribution in [-0.2, 0) is 9.59 Å². The first-order chi connectivity index (χ1) is 10.1. The molecule has 3 heterocycles. The number of thioether (sulfide) groups is 1. The molecular formula is C14H20N4O2S. The number of likely N-dealkylation sites (tertiary alicyclic amines) is 1. The number of carbonyl (C=O) groups is 2. The van der Waals surface area contributed by atoms with Crippen molar-refractivity contribution >= 4 is 29.4 Å². The highest BCUT2D eigenvalue weighted by molar-refractivity contribution is 8.00. The van der Waals surface area contributed by atoms with Crippen molar-refractivity contribution in [3.05, 3.63) is 12.3 Å². The Balaban J connectivity index is 1.59. The van der Waals surface area contributed by atoms with Gasteiger partial charge in [0, 0.05) is 32.3 Å². The summed E-state index contributed by atoms with van der Waals surface area (Å²) in [6, 6.07) is 2.00. The van der Waals surface area contributed by atoms with Crippen LogP contribution >= 0.6 is 11.8 Å². The molecule has 0 saturated carbocycles. The third-order valence-electron chi connectivity index (χ3n) is 3.97. The number of amides is 2. The molecule has 2 unspecified atom stereocenters. The molecule has 2 atom stereocenters. The predicted octanol–water partition coefficient (Wildman–Crippen LogP) is 1.51. The molecule has 1 aromatic heterocycles. The van der Waals surface area contributed by atoms with Crippen LogP contribution in [0.5, 0.6) is 0 Å². The zero-order chi connectivity index (χ0) is 14.8. The molecule has 21 heavy (non-hydrogen) atoms. The topological polar surface area (TPSA) is 67.2 Å². The van der Waals surface area contributed by atoms with E-state index in [0.29, 0.717) is 5.82 Å². The first kappa shape index (κ1) is 14.4. The molecule has 2 saturated heterocycles. The van der Waals surface area contributed by atoms with E-state index in [-0.39, 0.29) is 23.1 Å². The second kappa shape index (κ2) is 6.09. The van der Waals surface area contributed by atoms with Crippen LogP contribution in [0, 0.1) is 0 Å². The quantitative estimate of drug-likeness (QED) is 0.919. The van der Waals surface area contributed by atoms with Crippen molar-refractivity contribution in [2.24, 2.45) is 0 Å². The summed E-state index contributed by atoms with van der Waals surface area (Å²) in [7, 11) is 0. The minimum Gasteiger partial charge on any atom is -0.340 e. The van der Waals surface area contributed by atoms with Gasteiger partial charge in [-0.1, -0.05) is 0 Å². The minimum absolute atomic E-state index is 0.123. The Hall–Kier alpha value is -1.50. The molecule has 6 nitrogen and oxygen atoms in total. The molecule has 2 amide bonds. The van der Waals surface area contributed by atoms with Crippen molar-refractivity contribution in [1.29, 1.82) is 0 Å². The molecular weight excluding hydrogens is 288 g/mol. The lowest BCUT2D eigenvalue weighted by Crippen LogP contribution is -2.35. The Morgan fingerprint density at radius 2 is 2.29 bits per heavy atom. The highest BCUT2D eigenvalue weighted by atomic mass is 32.2. The largest absolute Gasteiger partial charge is 0.340 e. The van der Waals surface area contributed by atoms with E-state index in [1.165, 1.54) is 6.92 Å². The molecule has 1 aromatic rings. The summed E-state index contributed by atoms with van der Waals surface area (Å²) in [6.07, 6.45) is 4.95. The van der Waals surface area contributed by atoms with Gasteiger partial charge in [0.25, 0.3) is 0 Å². The average Bonchev–Trinajstić information content (AvgIpc) is 3.18. The van der Waals surface area contributed by atoms with Crippen LogP contribution in [0.4, 0.5) is 5.82 Å². The summed E-state index contributed by atoms with van der Waals surface area (Å²) in [4.78, 5) is 25.4. The summed E-state index contributed by atoms with van der Waals surface area (Å²) in [6.45, 7) is 2.99. The van der Waals surface area contributed by atoms with Gasteiger partial charge in [0.1, 0.15) is 0 Å². The number of aromatic nitrogens is 2. The first-order valence-corrected chi connectivity index (χ1v) is 8.41. The van der Waals surface area contributed by atoms with Gasteiger partial charge in [0.15, 0.2) is 5.82 Å². The van der Waals surface area contributed by atoms with E-state index in [9.17, 15) is 9.59 Å². The first-order valence-electron chi connectivity index (χ1n) is 7.36. The number of nitrogens with one attached hydrogen (secondary N) is 1. The van der Waals surface area contributed by atoms with E-state index in [1.54, 1.807) is 17.8 Å².